The molecular formula is C16H14ClF3N4. The van der Waals surface area contributed by atoms with Crippen LogP contribution in [0.25, 0.3) is 11.1 Å². The van der Waals surface area contributed by atoms with Gasteiger partial charge in [-0.15, -0.1) is 12.4 Å². The minimum atomic E-state index is -4.37. The van der Waals surface area contributed by atoms with Crippen LogP contribution in [-0.4, -0.2) is 19.7 Å². The van der Waals surface area contributed by atoms with Gasteiger partial charge < -0.3 is 4.57 Å². The highest BCUT2D eigenvalue weighted by Crippen LogP contribution is 2.32. The normalized spacial score (nSPS) is 11.2. The minimum absolute atomic E-state index is 0. The van der Waals surface area contributed by atoms with Gasteiger partial charge in [0.2, 0.25) is 0 Å². The molecular weight excluding hydrogens is 341 g/mol. The molecule has 3 aromatic rings. The number of halogens is 4. The molecule has 2 heterocycles. The molecule has 8 heteroatoms. The van der Waals surface area contributed by atoms with Crippen LogP contribution >= 0.6 is 12.4 Å². The molecule has 0 aliphatic rings. The van der Waals surface area contributed by atoms with Crippen LogP contribution in [0.5, 0.6) is 0 Å². The average molecular weight is 355 g/mol. The molecule has 2 aromatic heterocycles. The Hall–Kier alpha value is -2.41. The summed E-state index contributed by atoms with van der Waals surface area (Å²) in [4.78, 5) is 4.12. The second-order valence-corrected chi connectivity index (χ2v) is 5.12. The van der Waals surface area contributed by atoms with E-state index in [4.69, 9.17) is 0 Å². The van der Waals surface area contributed by atoms with Gasteiger partial charge in [0.15, 0.2) is 0 Å². The first kappa shape index (κ1) is 17.9. The van der Waals surface area contributed by atoms with Crippen LogP contribution in [-0.2, 0) is 12.7 Å². The maximum Gasteiger partial charge on any atom is 0.416 e. The summed E-state index contributed by atoms with van der Waals surface area (Å²) in [7, 11) is 0. The number of aromatic nitrogens is 4. The standard InChI is InChI=1S/C16H13F3N4.ClH/c1-11-20-5-6-23(11)10-15-8-13(9-21-22-15)12-3-2-4-14(7-12)16(17,18)19;/h2-9H,10H2,1H3;1H. The molecule has 126 valence electrons. The van der Waals surface area contributed by atoms with Crippen LogP contribution < -0.4 is 0 Å². The Kier molecular flexibility index (Phi) is 5.23. The van der Waals surface area contributed by atoms with Gasteiger partial charge in [0.25, 0.3) is 0 Å². The number of hydrogen-bond donors (Lipinski definition) is 0. The Morgan fingerprint density at radius 1 is 1.12 bits per heavy atom. The highest BCUT2D eigenvalue weighted by Gasteiger charge is 2.30. The van der Waals surface area contributed by atoms with Gasteiger partial charge in [-0.25, -0.2) is 4.98 Å². The second-order valence-electron chi connectivity index (χ2n) is 5.12. The smallest absolute Gasteiger partial charge is 0.329 e. The molecule has 0 amide bonds. The SMILES string of the molecule is Cc1nccn1Cc1cc(-c2cccc(C(F)(F)F)c2)cnn1.Cl. The van der Waals surface area contributed by atoms with Crippen molar-refractivity contribution in [2.45, 2.75) is 19.6 Å². The number of benzene rings is 1. The molecule has 0 aliphatic carbocycles. The zero-order valence-corrected chi connectivity index (χ0v) is 13.5. The highest BCUT2D eigenvalue weighted by atomic mass is 35.5. The summed E-state index contributed by atoms with van der Waals surface area (Å²) in [6.45, 7) is 2.33. The van der Waals surface area contributed by atoms with Crippen LogP contribution in [0.4, 0.5) is 13.2 Å². The van der Waals surface area contributed by atoms with Crippen molar-refractivity contribution >= 4 is 12.4 Å². The summed E-state index contributed by atoms with van der Waals surface area (Å²) in [5, 5.41) is 7.93. The lowest BCUT2D eigenvalue weighted by atomic mass is 10.0. The van der Waals surface area contributed by atoms with E-state index in [9.17, 15) is 13.2 Å². The van der Waals surface area contributed by atoms with Crippen LogP contribution in [0.3, 0.4) is 0 Å². The first-order valence-electron chi connectivity index (χ1n) is 6.90. The molecule has 0 bridgehead atoms. The van der Waals surface area contributed by atoms with E-state index in [-0.39, 0.29) is 12.4 Å². The van der Waals surface area contributed by atoms with Crippen molar-refractivity contribution in [3.63, 3.8) is 0 Å². The average Bonchev–Trinajstić information content (AvgIpc) is 2.92. The fourth-order valence-corrected chi connectivity index (χ4v) is 2.27. The molecule has 0 aliphatic heterocycles. The van der Waals surface area contributed by atoms with Crippen LogP contribution in [0, 0.1) is 6.92 Å². The van der Waals surface area contributed by atoms with E-state index < -0.39 is 11.7 Å². The molecule has 0 N–H and O–H groups in total. The molecule has 0 fully saturated rings. The number of alkyl halides is 3. The number of imidazole rings is 1. The number of rotatable bonds is 3. The molecule has 0 unspecified atom stereocenters. The zero-order chi connectivity index (χ0) is 16.4. The van der Waals surface area contributed by atoms with E-state index in [2.05, 4.69) is 15.2 Å². The Morgan fingerprint density at radius 2 is 1.92 bits per heavy atom. The van der Waals surface area contributed by atoms with Crippen molar-refractivity contribution in [2.24, 2.45) is 0 Å². The van der Waals surface area contributed by atoms with Crippen LogP contribution in [0.15, 0.2) is 48.9 Å². The fraction of sp³-hybridized carbons (Fsp3) is 0.188. The van der Waals surface area contributed by atoms with Gasteiger partial charge in [0.1, 0.15) is 5.82 Å². The molecule has 24 heavy (non-hydrogen) atoms. The van der Waals surface area contributed by atoms with Gasteiger partial charge in [0, 0.05) is 18.0 Å². The van der Waals surface area contributed by atoms with Gasteiger partial charge in [0.05, 0.1) is 24.0 Å². The Bertz CT molecular complexity index is 830. The fourth-order valence-electron chi connectivity index (χ4n) is 2.27. The number of aryl methyl sites for hydroxylation is 1. The Balaban J connectivity index is 0.00000208. The van der Waals surface area contributed by atoms with E-state index in [0.717, 1.165) is 18.0 Å². The van der Waals surface area contributed by atoms with Crippen molar-refractivity contribution in [2.75, 3.05) is 0 Å². The maximum absolute atomic E-state index is 12.8. The van der Waals surface area contributed by atoms with Crippen molar-refractivity contribution in [3.8, 4) is 11.1 Å². The van der Waals surface area contributed by atoms with E-state index in [1.807, 2.05) is 17.7 Å². The monoisotopic (exact) mass is 354 g/mol. The van der Waals surface area contributed by atoms with Gasteiger partial charge in [-0.05, 0) is 30.7 Å². The Morgan fingerprint density at radius 3 is 2.58 bits per heavy atom. The summed E-state index contributed by atoms with van der Waals surface area (Å²) in [5.41, 5.74) is 1.03. The van der Waals surface area contributed by atoms with Crippen molar-refractivity contribution in [1.29, 1.82) is 0 Å². The van der Waals surface area contributed by atoms with E-state index in [1.54, 1.807) is 18.3 Å². The molecule has 0 spiro atoms. The van der Waals surface area contributed by atoms with Gasteiger partial charge in [-0.2, -0.15) is 23.4 Å². The minimum Gasteiger partial charge on any atom is -0.329 e. The number of nitrogens with zero attached hydrogens (tertiary/aromatic N) is 4. The maximum atomic E-state index is 12.8. The van der Waals surface area contributed by atoms with Gasteiger partial charge in [-0.1, -0.05) is 12.1 Å². The highest BCUT2D eigenvalue weighted by molar-refractivity contribution is 5.85. The summed E-state index contributed by atoms with van der Waals surface area (Å²) in [6.07, 6.45) is 0.584. The lowest BCUT2D eigenvalue weighted by Crippen LogP contribution is -2.05. The largest absolute Gasteiger partial charge is 0.416 e. The molecule has 0 radical (unpaired) electrons. The lowest BCUT2D eigenvalue weighted by Gasteiger charge is -2.09. The molecule has 3 rings (SSSR count). The summed E-state index contributed by atoms with van der Waals surface area (Å²) >= 11 is 0. The molecule has 0 saturated heterocycles. The first-order valence-corrected chi connectivity index (χ1v) is 6.90. The summed E-state index contributed by atoms with van der Waals surface area (Å²) < 4.78 is 40.4. The van der Waals surface area contributed by atoms with Crippen LogP contribution in [0.1, 0.15) is 17.1 Å². The van der Waals surface area contributed by atoms with Crippen molar-refractivity contribution in [3.05, 3.63) is 66.0 Å². The predicted octanol–water partition coefficient (Wildman–Crippen LogP) is 4.14. The first-order chi connectivity index (χ1) is 10.9. The second kappa shape index (κ2) is 7.00. The predicted molar refractivity (Wildman–Crippen MR) is 85.8 cm³/mol. The topological polar surface area (TPSA) is 43.6 Å². The lowest BCUT2D eigenvalue weighted by molar-refractivity contribution is -0.137. The molecule has 1 aromatic carbocycles. The third-order valence-corrected chi connectivity index (χ3v) is 3.48. The molecule has 0 atom stereocenters. The summed E-state index contributed by atoms with van der Waals surface area (Å²) in [6, 6.07) is 6.91. The zero-order valence-electron chi connectivity index (χ0n) is 12.7. The third-order valence-electron chi connectivity index (χ3n) is 3.48. The Labute approximate surface area is 142 Å². The molecule has 0 saturated carbocycles. The van der Waals surface area contributed by atoms with E-state index in [1.165, 1.54) is 12.3 Å². The summed E-state index contributed by atoms with van der Waals surface area (Å²) in [5.74, 6) is 0.830. The van der Waals surface area contributed by atoms with E-state index in [0.29, 0.717) is 23.4 Å². The van der Waals surface area contributed by atoms with E-state index >= 15 is 0 Å². The van der Waals surface area contributed by atoms with Crippen molar-refractivity contribution < 1.29 is 13.2 Å². The quantitative estimate of drug-likeness (QED) is 0.710. The van der Waals surface area contributed by atoms with Crippen molar-refractivity contribution in [1.82, 2.24) is 19.7 Å². The number of hydrogen-bond acceptors (Lipinski definition) is 3. The van der Waals surface area contributed by atoms with Crippen LogP contribution in [0.2, 0.25) is 0 Å². The molecule has 4 nitrogen and oxygen atoms in total. The third kappa shape index (κ3) is 3.91. The van der Waals surface area contributed by atoms with Gasteiger partial charge >= 0.3 is 6.18 Å². The van der Waals surface area contributed by atoms with Gasteiger partial charge in [-0.3, -0.25) is 0 Å².